The van der Waals surface area contributed by atoms with Crippen LogP contribution in [0, 0.1) is 6.92 Å². The Morgan fingerprint density at radius 2 is 2.21 bits per heavy atom. The second-order valence-corrected chi connectivity index (χ2v) is 3.45. The third-order valence-corrected chi connectivity index (χ3v) is 2.53. The summed E-state index contributed by atoms with van der Waals surface area (Å²) >= 11 is 3.12. The molecule has 14 heavy (non-hydrogen) atoms. The van der Waals surface area contributed by atoms with Crippen molar-refractivity contribution in [2.75, 3.05) is 0 Å². The van der Waals surface area contributed by atoms with Crippen molar-refractivity contribution >= 4 is 15.9 Å². The quantitative estimate of drug-likeness (QED) is 0.853. The molecule has 0 saturated heterocycles. The SMILES string of the molecule is Cc1cc(CBr)c(C(F)F)nc1CO. The first kappa shape index (κ1) is 11.5. The van der Waals surface area contributed by atoms with E-state index >= 15 is 0 Å². The van der Waals surface area contributed by atoms with E-state index in [2.05, 4.69) is 20.9 Å². The molecule has 0 fully saturated rings. The molecule has 0 saturated carbocycles. The van der Waals surface area contributed by atoms with Crippen LogP contribution in [-0.2, 0) is 11.9 Å². The molecule has 0 unspecified atom stereocenters. The highest BCUT2D eigenvalue weighted by Gasteiger charge is 2.16. The van der Waals surface area contributed by atoms with E-state index in [0.717, 1.165) is 5.56 Å². The number of pyridine rings is 1. The minimum absolute atomic E-state index is 0.253. The van der Waals surface area contributed by atoms with Gasteiger partial charge in [-0.15, -0.1) is 0 Å². The van der Waals surface area contributed by atoms with Gasteiger partial charge in [-0.1, -0.05) is 22.0 Å². The molecular weight excluding hydrogens is 256 g/mol. The summed E-state index contributed by atoms with van der Waals surface area (Å²) in [5.74, 6) is 0. The average molecular weight is 266 g/mol. The highest BCUT2D eigenvalue weighted by atomic mass is 79.9. The lowest BCUT2D eigenvalue weighted by Gasteiger charge is -2.09. The monoisotopic (exact) mass is 265 g/mol. The molecule has 1 rings (SSSR count). The maximum atomic E-state index is 12.5. The maximum absolute atomic E-state index is 12.5. The van der Waals surface area contributed by atoms with Crippen molar-refractivity contribution in [2.45, 2.75) is 25.3 Å². The first-order chi connectivity index (χ1) is 6.60. The van der Waals surface area contributed by atoms with Crippen molar-refractivity contribution in [2.24, 2.45) is 0 Å². The molecule has 0 spiro atoms. The highest BCUT2D eigenvalue weighted by molar-refractivity contribution is 9.08. The molecule has 0 aromatic carbocycles. The third-order valence-electron chi connectivity index (χ3n) is 1.93. The number of aliphatic hydroxyl groups excluding tert-OH is 1. The van der Waals surface area contributed by atoms with Gasteiger partial charge in [0.05, 0.1) is 12.3 Å². The Morgan fingerprint density at radius 3 is 2.64 bits per heavy atom. The number of aromatic nitrogens is 1. The number of rotatable bonds is 3. The first-order valence-corrected chi connectivity index (χ1v) is 5.16. The molecule has 0 radical (unpaired) electrons. The molecule has 1 aromatic heterocycles. The summed E-state index contributed by atoms with van der Waals surface area (Å²) < 4.78 is 25.0. The van der Waals surface area contributed by atoms with Gasteiger partial charge in [-0.3, -0.25) is 0 Å². The summed E-state index contributed by atoms with van der Waals surface area (Å²) in [6.45, 7) is 1.42. The zero-order valence-corrected chi connectivity index (χ0v) is 9.18. The molecule has 1 N–H and O–H groups in total. The van der Waals surface area contributed by atoms with Crippen molar-refractivity contribution in [1.82, 2.24) is 4.98 Å². The largest absolute Gasteiger partial charge is 0.390 e. The zero-order chi connectivity index (χ0) is 10.7. The average Bonchev–Trinajstić information content (AvgIpc) is 2.16. The number of aryl methyl sites for hydroxylation is 1. The summed E-state index contributed by atoms with van der Waals surface area (Å²) in [5, 5.41) is 9.21. The lowest BCUT2D eigenvalue weighted by molar-refractivity contribution is 0.144. The van der Waals surface area contributed by atoms with Crippen LogP contribution in [0.15, 0.2) is 6.07 Å². The Kier molecular flexibility index (Phi) is 3.95. The predicted octanol–water partition coefficient (Wildman–Crippen LogP) is 2.71. The van der Waals surface area contributed by atoms with E-state index in [1.54, 1.807) is 13.0 Å². The molecule has 0 amide bonds. The van der Waals surface area contributed by atoms with Crippen LogP contribution >= 0.6 is 15.9 Å². The Morgan fingerprint density at radius 1 is 1.57 bits per heavy atom. The van der Waals surface area contributed by atoms with Gasteiger partial charge in [0.15, 0.2) is 0 Å². The van der Waals surface area contributed by atoms with Gasteiger partial charge in [-0.05, 0) is 18.1 Å². The molecule has 0 aliphatic carbocycles. The fourth-order valence-corrected chi connectivity index (χ4v) is 1.63. The van der Waals surface area contributed by atoms with E-state index in [-0.39, 0.29) is 12.3 Å². The topological polar surface area (TPSA) is 33.1 Å². The van der Waals surface area contributed by atoms with E-state index < -0.39 is 6.43 Å². The van der Waals surface area contributed by atoms with E-state index in [0.29, 0.717) is 16.6 Å². The van der Waals surface area contributed by atoms with Crippen molar-refractivity contribution in [1.29, 1.82) is 0 Å². The molecule has 0 aliphatic heterocycles. The second kappa shape index (κ2) is 4.79. The van der Waals surface area contributed by atoms with Gasteiger partial charge in [0, 0.05) is 5.33 Å². The van der Waals surface area contributed by atoms with Crippen LogP contribution in [-0.4, -0.2) is 10.1 Å². The van der Waals surface area contributed by atoms with Crippen LogP contribution in [0.1, 0.15) is 28.9 Å². The summed E-state index contributed by atoms with van der Waals surface area (Å²) in [5.41, 5.74) is 1.25. The van der Waals surface area contributed by atoms with Crippen LogP contribution in [0.3, 0.4) is 0 Å². The fourth-order valence-electron chi connectivity index (χ4n) is 1.18. The first-order valence-electron chi connectivity index (χ1n) is 4.04. The van der Waals surface area contributed by atoms with Gasteiger partial charge in [0.2, 0.25) is 0 Å². The Hall–Kier alpha value is -0.550. The van der Waals surface area contributed by atoms with Crippen LogP contribution in [0.25, 0.3) is 0 Å². The van der Waals surface area contributed by atoms with E-state index in [4.69, 9.17) is 5.11 Å². The molecular formula is C9H10BrF2NO. The second-order valence-electron chi connectivity index (χ2n) is 2.89. The van der Waals surface area contributed by atoms with E-state index in [1.165, 1.54) is 0 Å². The maximum Gasteiger partial charge on any atom is 0.280 e. The molecule has 0 atom stereocenters. The van der Waals surface area contributed by atoms with Gasteiger partial charge < -0.3 is 5.11 Å². The predicted molar refractivity (Wildman–Crippen MR) is 52.5 cm³/mol. The van der Waals surface area contributed by atoms with Gasteiger partial charge in [-0.2, -0.15) is 0 Å². The molecule has 78 valence electrons. The smallest absolute Gasteiger partial charge is 0.280 e. The highest BCUT2D eigenvalue weighted by Crippen LogP contribution is 2.24. The number of alkyl halides is 3. The van der Waals surface area contributed by atoms with Gasteiger partial charge in [0.1, 0.15) is 5.69 Å². The minimum atomic E-state index is -2.60. The van der Waals surface area contributed by atoms with Crippen LogP contribution < -0.4 is 0 Å². The number of hydrogen-bond acceptors (Lipinski definition) is 2. The molecule has 2 nitrogen and oxygen atoms in total. The van der Waals surface area contributed by atoms with E-state index in [9.17, 15) is 8.78 Å². The molecule has 0 aliphatic rings. The van der Waals surface area contributed by atoms with Gasteiger partial charge in [0.25, 0.3) is 6.43 Å². The van der Waals surface area contributed by atoms with Gasteiger partial charge >= 0.3 is 0 Å². The Balaban J connectivity index is 3.25. The van der Waals surface area contributed by atoms with Crippen molar-refractivity contribution in [3.05, 3.63) is 28.6 Å². The number of hydrogen-bond donors (Lipinski definition) is 1. The van der Waals surface area contributed by atoms with Crippen LogP contribution in [0.4, 0.5) is 8.78 Å². The van der Waals surface area contributed by atoms with Crippen molar-refractivity contribution < 1.29 is 13.9 Å². The molecule has 1 heterocycles. The molecule has 5 heteroatoms. The molecule has 1 aromatic rings. The summed E-state index contributed by atoms with van der Waals surface area (Å²) in [7, 11) is 0. The Labute approximate surface area is 89.1 Å². The Bertz CT molecular complexity index is 331. The standard InChI is InChI=1S/C9H10BrF2NO/c1-5-2-6(3-10)8(9(11)12)13-7(5)4-14/h2,9,14H,3-4H2,1H3. The number of nitrogens with zero attached hydrogens (tertiary/aromatic N) is 1. The normalized spacial score (nSPS) is 11.0. The van der Waals surface area contributed by atoms with Crippen molar-refractivity contribution in [3.63, 3.8) is 0 Å². The van der Waals surface area contributed by atoms with Crippen LogP contribution in [0.5, 0.6) is 0 Å². The molecule has 0 bridgehead atoms. The number of aliphatic hydroxyl groups is 1. The third kappa shape index (κ3) is 2.27. The van der Waals surface area contributed by atoms with Gasteiger partial charge in [-0.25, -0.2) is 13.8 Å². The lowest BCUT2D eigenvalue weighted by Crippen LogP contribution is -2.03. The minimum Gasteiger partial charge on any atom is -0.390 e. The lowest BCUT2D eigenvalue weighted by atomic mass is 10.1. The van der Waals surface area contributed by atoms with E-state index in [1.807, 2.05) is 0 Å². The fraction of sp³-hybridized carbons (Fsp3) is 0.444. The number of halogens is 3. The summed E-state index contributed by atoms with van der Waals surface area (Å²) in [6.07, 6.45) is -2.60. The van der Waals surface area contributed by atoms with Crippen molar-refractivity contribution in [3.8, 4) is 0 Å². The summed E-state index contributed by atoms with van der Waals surface area (Å²) in [4.78, 5) is 3.73. The zero-order valence-electron chi connectivity index (χ0n) is 7.60. The summed E-state index contributed by atoms with van der Waals surface area (Å²) in [6, 6.07) is 1.62. The van der Waals surface area contributed by atoms with Crippen LogP contribution in [0.2, 0.25) is 0 Å².